The van der Waals surface area contributed by atoms with E-state index in [2.05, 4.69) is 0 Å². The molecule has 8 unspecified atom stereocenters. The van der Waals surface area contributed by atoms with E-state index in [1.54, 1.807) is 0 Å². The first-order valence-electron chi connectivity index (χ1n) is 14.7. The Balaban J connectivity index is 1.05. The highest BCUT2D eigenvalue weighted by Gasteiger charge is 2.62. The van der Waals surface area contributed by atoms with Gasteiger partial charge in [-0.2, -0.15) is 0 Å². The summed E-state index contributed by atoms with van der Waals surface area (Å²) in [6.45, 7) is 0. The molecule has 14 atom stereocenters. The van der Waals surface area contributed by atoms with Crippen LogP contribution >= 0.6 is 0 Å². The summed E-state index contributed by atoms with van der Waals surface area (Å²) < 4.78 is 25.8. The Labute approximate surface area is 204 Å². The largest absolute Gasteiger partial charge is 0.387 e. The van der Waals surface area contributed by atoms with Crippen LogP contribution in [0.5, 0.6) is 0 Å². The Bertz CT molecular complexity index is 644. The van der Waals surface area contributed by atoms with Gasteiger partial charge in [-0.25, -0.2) is 0 Å². The van der Waals surface area contributed by atoms with Crippen molar-refractivity contribution < 1.29 is 29.2 Å². The first-order valence-corrected chi connectivity index (χ1v) is 14.7. The topological polar surface area (TPSA) is 77.4 Å². The Kier molecular flexibility index (Phi) is 6.24. The Morgan fingerprint density at radius 3 is 1.12 bits per heavy atom. The molecular formula is C28H44O6. The number of hydrogen-bond acceptors (Lipinski definition) is 6. The Hall–Kier alpha value is -0.240. The summed E-state index contributed by atoms with van der Waals surface area (Å²) in [4.78, 5) is 0. The molecule has 0 amide bonds. The molecule has 5 aliphatic carbocycles. The van der Waals surface area contributed by atoms with Gasteiger partial charge in [0.15, 0.2) is 12.6 Å². The molecule has 0 aromatic carbocycles. The van der Waals surface area contributed by atoms with E-state index < -0.39 is 36.6 Å². The van der Waals surface area contributed by atoms with E-state index in [1.165, 1.54) is 77.0 Å². The molecular weight excluding hydrogens is 432 g/mol. The standard InChI is InChI=1S/C28H44O6/c29-21-23-24(32-27(31-23)19-13-5-9-15-7-1-3-11-17(15)19)22(30)26-25(21)33-28(34-26)20-14-6-10-16-8-2-4-12-18(16)20/h15-30H,1-14H2/t15?,16?,17?,18?,19?,20?,21-,22-,23-,24-,25-,26+,27?,28?/m0/s1. The van der Waals surface area contributed by atoms with Gasteiger partial charge < -0.3 is 29.2 Å². The quantitative estimate of drug-likeness (QED) is 0.623. The minimum atomic E-state index is -0.815. The second kappa shape index (κ2) is 9.25. The summed E-state index contributed by atoms with van der Waals surface area (Å²) >= 11 is 0. The van der Waals surface area contributed by atoms with Gasteiger partial charge in [0.1, 0.15) is 36.6 Å². The van der Waals surface area contributed by atoms with Gasteiger partial charge in [-0.15, -0.1) is 0 Å². The Morgan fingerprint density at radius 1 is 0.382 bits per heavy atom. The molecule has 192 valence electrons. The molecule has 7 fully saturated rings. The van der Waals surface area contributed by atoms with Crippen molar-refractivity contribution in [1.29, 1.82) is 0 Å². The van der Waals surface area contributed by atoms with Crippen molar-refractivity contribution in [3.8, 4) is 0 Å². The summed E-state index contributed by atoms with van der Waals surface area (Å²) in [5, 5.41) is 22.7. The lowest BCUT2D eigenvalue weighted by molar-refractivity contribution is -0.170. The van der Waals surface area contributed by atoms with Crippen molar-refractivity contribution in [2.45, 2.75) is 139 Å². The van der Waals surface area contributed by atoms with E-state index in [-0.39, 0.29) is 12.6 Å². The third kappa shape index (κ3) is 3.73. The maximum absolute atomic E-state index is 11.3. The predicted octanol–water partition coefficient (Wildman–Crippen LogP) is 4.16. The molecule has 7 aliphatic rings. The second-order valence-electron chi connectivity index (χ2n) is 12.7. The molecule has 6 heteroatoms. The summed E-state index contributed by atoms with van der Waals surface area (Å²) in [6, 6.07) is 0. The molecule has 0 aromatic heterocycles. The normalized spacial score (nSPS) is 57.4. The molecule has 2 heterocycles. The minimum absolute atomic E-state index is 0.318. The SMILES string of the molecule is O[C@@H]1[C@H]2OC(C3CCCC4CCCCC43)O[C@H]2[C@@H](O)[C@@H]2OC(C3CCCC4CCCCC43)O[C@@H]12. The average molecular weight is 477 g/mol. The van der Waals surface area contributed by atoms with E-state index in [9.17, 15) is 10.2 Å². The van der Waals surface area contributed by atoms with Crippen molar-refractivity contribution in [3.63, 3.8) is 0 Å². The van der Waals surface area contributed by atoms with E-state index in [4.69, 9.17) is 18.9 Å². The lowest BCUT2D eigenvalue weighted by Crippen LogP contribution is -2.61. The average Bonchev–Trinajstić information content (AvgIpc) is 3.53. The fourth-order valence-corrected chi connectivity index (χ4v) is 9.52. The molecule has 6 nitrogen and oxygen atoms in total. The number of aliphatic hydroxyl groups excluding tert-OH is 2. The van der Waals surface area contributed by atoms with Gasteiger partial charge in [-0.3, -0.25) is 0 Å². The predicted molar refractivity (Wildman–Crippen MR) is 125 cm³/mol. The van der Waals surface area contributed by atoms with E-state index in [1.807, 2.05) is 0 Å². The van der Waals surface area contributed by atoms with Gasteiger partial charge >= 0.3 is 0 Å². The van der Waals surface area contributed by atoms with Gasteiger partial charge in [0, 0.05) is 11.8 Å². The van der Waals surface area contributed by atoms with Crippen LogP contribution in [-0.4, -0.2) is 59.4 Å². The first kappa shape index (κ1) is 22.9. The highest BCUT2D eigenvalue weighted by molar-refractivity contribution is 5.07. The Morgan fingerprint density at radius 2 is 0.706 bits per heavy atom. The summed E-state index contributed by atoms with van der Waals surface area (Å²) in [6.07, 6.45) is 13.5. The molecule has 0 bridgehead atoms. The second-order valence-corrected chi connectivity index (χ2v) is 12.7. The van der Waals surface area contributed by atoms with Crippen molar-refractivity contribution in [3.05, 3.63) is 0 Å². The van der Waals surface area contributed by atoms with Crippen LogP contribution in [0.2, 0.25) is 0 Å². The molecule has 7 rings (SSSR count). The van der Waals surface area contributed by atoms with Gasteiger partial charge in [0.05, 0.1) is 0 Å². The number of fused-ring (bicyclic) bond motifs is 4. The number of rotatable bonds is 2. The van der Waals surface area contributed by atoms with Crippen LogP contribution in [0, 0.1) is 35.5 Å². The number of aliphatic hydroxyl groups is 2. The zero-order chi connectivity index (χ0) is 22.8. The summed E-state index contributed by atoms with van der Waals surface area (Å²) in [5.41, 5.74) is 0. The molecule has 34 heavy (non-hydrogen) atoms. The summed E-state index contributed by atoms with van der Waals surface area (Å²) in [7, 11) is 0. The van der Waals surface area contributed by atoms with Gasteiger partial charge in [0.2, 0.25) is 0 Å². The lowest BCUT2D eigenvalue weighted by atomic mass is 9.65. The third-order valence-corrected chi connectivity index (χ3v) is 11.1. The highest BCUT2D eigenvalue weighted by Crippen LogP contribution is 2.51. The van der Waals surface area contributed by atoms with Crippen molar-refractivity contribution in [1.82, 2.24) is 0 Å². The molecule has 0 spiro atoms. The molecule has 0 radical (unpaired) electrons. The fraction of sp³-hybridized carbons (Fsp3) is 1.00. The maximum Gasteiger partial charge on any atom is 0.161 e. The van der Waals surface area contributed by atoms with E-state index >= 15 is 0 Å². The molecule has 5 saturated carbocycles. The van der Waals surface area contributed by atoms with E-state index in [0.29, 0.717) is 23.7 Å². The van der Waals surface area contributed by atoms with Crippen LogP contribution in [0.15, 0.2) is 0 Å². The molecule has 0 aromatic rings. The first-order chi connectivity index (χ1) is 16.7. The third-order valence-electron chi connectivity index (χ3n) is 11.1. The molecule has 2 aliphatic heterocycles. The highest BCUT2D eigenvalue weighted by atomic mass is 16.8. The van der Waals surface area contributed by atoms with Crippen LogP contribution in [0.3, 0.4) is 0 Å². The monoisotopic (exact) mass is 476 g/mol. The zero-order valence-corrected chi connectivity index (χ0v) is 20.5. The van der Waals surface area contributed by atoms with Crippen LogP contribution in [0.1, 0.15) is 89.9 Å². The van der Waals surface area contributed by atoms with Crippen molar-refractivity contribution in [2.24, 2.45) is 35.5 Å². The van der Waals surface area contributed by atoms with Crippen molar-refractivity contribution >= 4 is 0 Å². The van der Waals surface area contributed by atoms with Crippen LogP contribution in [-0.2, 0) is 18.9 Å². The number of hydrogen-bond donors (Lipinski definition) is 2. The molecule has 2 saturated heterocycles. The fourth-order valence-electron chi connectivity index (χ4n) is 9.52. The van der Waals surface area contributed by atoms with Gasteiger partial charge in [-0.1, -0.05) is 64.2 Å². The lowest BCUT2D eigenvalue weighted by Gasteiger charge is -2.43. The molecule has 2 N–H and O–H groups in total. The van der Waals surface area contributed by atoms with E-state index in [0.717, 1.165) is 24.7 Å². The van der Waals surface area contributed by atoms with Crippen LogP contribution in [0.4, 0.5) is 0 Å². The minimum Gasteiger partial charge on any atom is -0.387 e. The van der Waals surface area contributed by atoms with Crippen LogP contribution < -0.4 is 0 Å². The maximum atomic E-state index is 11.3. The van der Waals surface area contributed by atoms with Crippen LogP contribution in [0.25, 0.3) is 0 Å². The van der Waals surface area contributed by atoms with Gasteiger partial charge in [-0.05, 0) is 49.4 Å². The summed E-state index contributed by atoms with van der Waals surface area (Å²) in [5.74, 6) is 3.67. The zero-order valence-electron chi connectivity index (χ0n) is 20.5. The van der Waals surface area contributed by atoms with Crippen molar-refractivity contribution in [2.75, 3.05) is 0 Å². The van der Waals surface area contributed by atoms with Gasteiger partial charge in [0.25, 0.3) is 0 Å². The smallest absolute Gasteiger partial charge is 0.161 e. The number of ether oxygens (including phenoxy) is 4.